The standard InChI is InChI=1S/C18H23N3O3S/c1-12-3-4-15(23-2)13(9-12)14-10-25-17(20-14)21-16(22)18(11-19)5-7-24-8-6-18/h3-4,9-10H,5-8,11,19H2,1-2H3,(H,20,21,22). The monoisotopic (exact) mass is 361 g/mol. The second-order valence-corrected chi connectivity index (χ2v) is 7.15. The number of nitrogens with zero attached hydrogens (tertiary/aromatic N) is 1. The third-order valence-corrected chi connectivity index (χ3v) is 5.44. The van der Waals surface area contributed by atoms with E-state index in [1.807, 2.05) is 30.5 Å². The summed E-state index contributed by atoms with van der Waals surface area (Å²) in [5.41, 5.74) is 8.16. The summed E-state index contributed by atoms with van der Waals surface area (Å²) in [6.45, 7) is 3.46. The Balaban J connectivity index is 1.80. The van der Waals surface area contributed by atoms with Crippen LogP contribution in [0.15, 0.2) is 23.6 Å². The van der Waals surface area contributed by atoms with Crippen LogP contribution in [0.3, 0.4) is 0 Å². The zero-order chi connectivity index (χ0) is 17.9. The van der Waals surface area contributed by atoms with Gasteiger partial charge in [-0.15, -0.1) is 11.3 Å². The van der Waals surface area contributed by atoms with Crippen molar-refractivity contribution in [2.45, 2.75) is 19.8 Å². The van der Waals surface area contributed by atoms with Gasteiger partial charge in [0.2, 0.25) is 5.91 Å². The molecular weight excluding hydrogens is 338 g/mol. The molecular formula is C18H23N3O3S. The molecule has 6 nitrogen and oxygen atoms in total. The Morgan fingerprint density at radius 3 is 2.88 bits per heavy atom. The van der Waals surface area contributed by atoms with Gasteiger partial charge in [0.1, 0.15) is 5.75 Å². The Morgan fingerprint density at radius 1 is 1.44 bits per heavy atom. The first kappa shape index (κ1) is 17.8. The maximum atomic E-state index is 12.7. The normalized spacial score (nSPS) is 16.4. The smallest absolute Gasteiger partial charge is 0.233 e. The van der Waals surface area contributed by atoms with Crippen LogP contribution in [0.25, 0.3) is 11.3 Å². The number of anilines is 1. The van der Waals surface area contributed by atoms with Gasteiger partial charge in [-0.1, -0.05) is 11.6 Å². The van der Waals surface area contributed by atoms with Crippen LogP contribution in [0, 0.1) is 12.3 Å². The van der Waals surface area contributed by atoms with Crippen molar-refractivity contribution in [3.63, 3.8) is 0 Å². The topological polar surface area (TPSA) is 86.5 Å². The van der Waals surface area contributed by atoms with Crippen LogP contribution in [0.5, 0.6) is 5.75 Å². The number of ether oxygens (including phenoxy) is 2. The Kier molecular flexibility index (Phi) is 5.36. The van der Waals surface area contributed by atoms with Crippen LogP contribution in [-0.4, -0.2) is 37.8 Å². The van der Waals surface area contributed by atoms with Gasteiger partial charge in [0.05, 0.1) is 18.2 Å². The average Bonchev–Trinajstić information content (AvgIpc) is 3.10. The minimum atomic E-state index is -0.564. The van der Waals surface area contributed by atoms with Crippen LogP contribution < -0.4 is 15.8 Å². The van der Waals surface area contributed by atoms with Gasteiger partial charge in [0.25, 0.3) is 0 Å². The van der Waals surface area contributed by atoms with E-state index in [0.717, 1.165) is 22.6 Å². The third-order valence-electron chi connectivity index (χ3n) is 4.68. The fourth-order valence-electron chi connectivity index (χ4n) is 2.99. The molecule has 1 fully saturated rings. The molecule has 0 unspecified atom stereocenters. The lowest BCUT2D eigenvalue weighted by atomic mass is 9.79. The van der Waals surface area contributed by atoms with Crippen LogP contribution in [0.1, 0.15) is 18.4 Å². The number of thiazole rings is 1. The van der Waals surface area contributed by atoms with Gasteiger partial charge in [0, 0.05) is 30.7 Å². The van der Waals surface area contributed by atoms with E-state index in [9.17, 15) is 4.79 Å². The molecule has 134 valence electrons. The number of carbonyl (C=O) groups is 1. The van der Waals surface area contributed by atoms with Crippen molar-refractivity contribution in [1.29, 1.82) is 0 Å². The van der Waals surface area contributed by atoms with E-state index in [2.05, 4.69) is 10.3 Å². The molecule has 1 aromatic heterocycles. The van der Waals surface area contributed by atoms with Crippen molar-refractivity contribution in [2.24, 2.45) is 11.1 Å². The van der Waals surface area contributed by atoms with Gasteiger partial charge in [-0.05, 0) is 31.9 Å². The van der Waals surface area contributed by atoms with E-state index >= 15 is 0 Å². The summed E-state index contributed by atoms with van der Waals surface area (Å²) in [5, 5.41) is 5.43. The summed E-state index contributed by atoms with van der Waals surface area (Å²) in [4.78, 5) is 17.3. The second kappa shape index (κ2) is 7.51. The highest BCUT2D eigenvalue weighted by atomic mass is 32.1. The predicted octanol–water partition coefficient (Wildman–Crippen LogP) is 2.82. The number of aryl methyl sites for hydroxylation is 1. The Hall–Kier alpha value is -1.96. The number of amides is 1. The van der Waals surface area contributed by atoms with Gasteiger partial charge in [-0.3, -0.25) is 4.79 Å². The lowest BCUT2D eigenvalue weighted by molar-refractivity contribution is -0.130. The highest BCUT2D eigenvalue weighted by Crippen LogP contribution is 2.35. The number of carbonyl (C=O) groups excluding carboxylic acids is 1. The van der Waals surface area contributed by atoms with Crippen LogP contribution in [0.2, 0.25) is 0 Å². The zero-order valence-electron chi connectivity index (χ0n) is 14.5. The van der Waals surface area contributed by atoms with Crippen LogP contribution in [-0.2, 0) is 9.53 Å². The number of nitrogens with one attached hydrogen (secondary N) is 1. The van der Waals surface area contributed by atoms with Gasteiger partial charge >= 0.3 is 0 Å². The number of aromatic nitrogens is 1. The van der Waals surface area contributed by atoms with Crippen molar-refractivity contribution in [3.8, 4) is 17.0 Å². The SMILES string of the molecule is COc1ccc(C)cc1-c1csc(NC(=O)C2(CN)CCOCC2)n1. The molecule has 25 heavy (non-hydrogen) atoms. The van der Waals surface area contributed by atoms with E-state index in [0.29, 0.717) is 37.7 Å². The summed E-state index contributed by atoms with van der Waals surface area (Å²) in [6.07, 6.45) is 1.28. The summed E-state index contributed by atoms with van der Waals surface area (Å²) in [6, 6.07) is 5.95. The molecule has 2 heterocycles. The van der Waals surface area contributed by atoms with Crippen molar-refractivity contribution in [1.82, 2.24) is 4.98 Å². The van der Waals surface area contributed by atoms with Gasteiger partial charge in [-0.2, -0.15) is 0 Å². The first-order chi connectivity index (χ1) is 12.1. The highest BCUT2D eigenvalue weighted by Gasteiger charge is 2.39. The maximum absolute atomic E-state index is 12.7. The predicted molar refractivity (Wildman–Crippen MR) is 99.0 cm³/mol. The molecule has 0 radical (unpaired) electrons. The van der Waals surface area contributed by atoms with Gasteiger partial charge in [0.15, 0.2) is 5.13 Å². The van der Waals surface area contributed by atoms with Crippen molar-refractivity contribution >= 4 is 22.4 Å². The molecule has 1 amide bonds. The molecule has 0 spiro atoms. The second-order valence-electron chi connectivity index (χ2n) is 6.29. The highest BCUT2D eigenvalue weighted by molar-refractivity contribution is 7.14. The summed E-state index contributed by atoms with van der Waals surface area (Å²) < 4.78 is 10.8. The first-order valence-electron chi connectivity index (χ1n) is 8.28. The zero-order valence-corrected chi connectivity index (χ0v) is 15.3. The van der Waals surface area contributed by atoms with Crippen LogP contribution in [0.4, 0.5) is 5.13 Å². The van der Waals surface area contributed by atoms with E-state index in [-0.39, 0.29) is 5.91 Å². The molecule has 1 aromatic carbocycles. The summed E-state index contributed by atoms with van der Waals surface area (Å²) in [5.74, 6) is 0.687. The van der Waals surface area contributed by atoms with Crippen molar-refractivity contribution in [3.05, 3.63) is 29.1 Å². The molecule has 0 bridgehead atoms. The quantitative estimate of drug-likeness (QED) is 0.855. The molecule has 7 heteroatoms. The van der Waals surface area contributed by atoms with Gasteiger partial charge < -0.3 is 20.5 Å². The van der Waals surface area contributed by atoms with E-state index < -0.39 is 5.41 Å². The number of nitrogens with two attached hydrogens (primary N) is 1. The lowest BCUT2D eigenvalue weighted by Gasteiger charge is -2.34. The van der Waals surface area contributed by atoms with E-state index in [4.69, 9.17) is 15.2 Å². The minimum absolute atomic E-state index is 0.0737. The Labute approximate surface area is 151 Å². The Morgan fingerprint density at radius 2 is 2.20 bits per heavy atom. The first-order valence-corrected chi connectivity index (χ1v) is 9.16. The van der Waals surface area contributed by atoms with E-state index in [1.54, 1.807) is 7.11 Å². The minimum Gasteiger partial charge on any atom is -0.496 e. The maximum Gasteiger partial charge on any atom is 0.233 e. The molecule has 3 rings (SSSR count). The van der Waals surface area contributed by atoms with Crippen LogP contribution >= 0.6 is 11.3 Å². The largest absolute Gasteiger partial charge is 0.496 e. The summed E-state index contributed by atoms with van der Waals surface area (Å²) >= 11 is 1.40. The number of hydrogen-bond acceptors (Lipinski definition) is 6. The molecule has 2 aromatic rings. The van der Waals surface area contributed by atoms with Crippen molar-refractivity contribution in [2.75, 3.05) is 32.2 Å². The molecule has 0 saturated carbocycles. The van der Waals surface area contributed by atoms with Gasteiger partial charge in [-0.25, -0.2) is 4.98 Å². The average molecular weight is 361 g/mol. The van der Waals surface area contributed by atoms with E-state index in [1.165, 1.54) is 11.3 Å². The summed E-state index contributed by atoms with van der Waals surface area (Å²) in [7, 11) is 1.64. The molecule has 1 aliphatic heterocycles. The number of rotatable bonds is 5. The number of benzene rings is 1. The lowest BCUT2D eigenvalue weighted by Crippen LogP contribution is -2.46. The molecule has 1 saturated heterocycles. The molecule has 1 aliphatic rings. The molecule has 0 aliphatic carbocycles. The number of hydrogen-bond donors (Lipinski definition) is 2. The number of methoxy groups -OCH3 is 1. The Bertz CT molecular complexity index is 754. The fraction of sp³-hybridized carbons (Fsp3) is 0.444. The molecule has 3 N–H and O–H groups in total. The fourth-order valence-corrected chi connectivity index (χ4v) is 3.70. The molecule has 0 atom stereocenters. The van der Waals surface area contributed by atoms with Crippen molar-refractivity contribution < 1.29 is 14.3 Å². The third kappa shape index (κ3) is 3.68.